The van der Waals surface area contributed by atoms with E-state index in [9.17, 15) is 9.59 Å². The molecule has 16 heavy (non-hydrogen) atoms. The molecule has 1 aromatic heterocycles. The van der Waals surface area contributed by atoms with Gasteiger partial charge < -0.3 is 9.52 Å². The van der Waals surface area contributed by atoms with Gasteiger partial charge in [0.15, 0.2) is 0 Å². The third-order valence-electron chi connectivity index (χ3n) is 1.97. The number of anilines is 1. The molecule has 7 heteroatoms. The molecule has 0 spiro atoms. The summed E-state index contributed by atoms with van der Waals surface area (Å²) in [5, 5.41) is 18.0. The summed E-state index contributed by atoms with van der Waals surface area (Å²) in [5.74, 6) is -1.41. The van der Waals surface area contributed by atoms with Crippen LogP contribution in [0, 0.1) is 6.92 Å². The molecule has 0 aromatic carbocycles. The van der Waals surface area contributed by atoms with Crippen LogP contribution < -0.4 is 5.32 Å². The van der Waals surface area contributed by atoms with E-state index in [4.69, 9.17) is 9.52 Å². The van der Waals surface area contributed by atoms with Gasteiger partial charge in [-0.3, -0.25) is 10.1 Å². The predicted molar refractivity (Wildman–Crippen MR) is 53.7 cm³/mol. The fourth-order valence-corrected chi connectivity index (χ4v) is 0.869. The summed E-state index contributed by atoms with van der Waals surface area (Å²) in [7, 11) is 0. The van der Waals surface area contributed by atoms with Crippen LogP contribution in [-0.2, 0) is 9.59 Å². The third-order valence-corrected chi connectivity index (χ3v) is 1.97. The van der Waals surface area contributed by atoms with E-state index in [-0.39, 0.29) is 17.2 Å². The van der Waals surface area contributed by atoms with Crippen molar-refractivity contribution in [2.45, 2.75) is 20.8 Å². The molecular formula is C9H11N3O4. The van der Waals surface area contributed by atoms with Crippen LogP contribution in [0.3, 0.4) is 0 Å². The molecule has 0 bridgehead atoms. The zero-order valence-electron chi connectivity index (χ0n) is 9.07. The molecule has 0 aliphatic carbocycles. The second kappa shape index (κ2) is 4.56. The molecule has 1 aromatic rings. The van der Waals surface area contributed by atoms with Crippen LogP contribution in [0.25, 0.3) is 0 Å². The Morgan fingerprint density at radius 2 is 1.88 bits per heavy atom. The minimum atomic E-state index is -1.14. The Kier molecular flexibility index (Phi) is 3.39. The van der Waals surface area contributed by atoms with Gasteiger partial charge in [-0.2, -0.15) is 0 Å². The molecule has 0 unspecified atom stereocenters. The molecule has 0 saturated heterocycles. The predicted octanol–water partition coefficient (Wildman–Crippen LogP) is 0.738. The van der Waals surface area contributed by atoms with Gasteiger partial charge in [-0.15, -0.1) is 5.10 Å². The van der Waals surface area contributed by atoms with Crippen LogP contribution in [0.2, 0.25) is 0 Å². The molecule has 1 rings (SSSR count). The summed E-state index contributed by atoms with van der Waals surface area (Å²) in [6.45, 7) is 4.33. The first-order valence-electron chi connectivity index (χ1n) is 4.44. The maximum Gasteiger partial charge on any atom is 0.331 e. The van der Waals surface area contributed by atoms with E-state index in [2.05, 4.69) is 15.5 Å². The maximum atomic E-state index is 11.5. The fraction of sp³-hybridized carbons (Fsp3) is 0.333. The van der Waals surface area contributed by atoms with Crippen LogP contribution in [0.4, 0.5) is 6.01 Å². The van der Waals surface area contributed by atoms with Crippen molar-refractivity contribution < 1.29 is 19.1 Å². The van der Waals surface area contributed by atoms with Crippen LogP contribution in [0.1, 0.15) is 19.7 Å². The monoisotopic (exact) mass is 225 g/mol. The fourth-order valence-electron chi connectivity index (χ4n) is 0.869. The molecule has 0 radical (unpaired) electrons. The number of aromatic nitrogens is 2. The number of carboxylic acid groups (broad SMARTS) is 1. The molecule has 0 aliphatic rings. The highest BCUT2D eigenvalue weighted by molar-refractivity contribution is 6.07. The van der Waals surface area contributed by atoms with Gasteiger partial charge >= 0.3 is 12.0 Å². The lowest BCUT2D eigenvalue weighted by Crippen LogP contribution is -2.16. The zero-order chi connectivity index (χ0) is 12.3. The molecule has 0 fully saturated rings. The number of carbonyl (C=O) groups excluding carboxylic acids is 1. The minimum Gasteiger partial charge on any atom is -0.478 e. The van der Waals surface area contributed by atoms with Gasteiger partial charge in [0, 0.05) is 18.1 Å². The number of aliphatic carboxylic acids is 1. The lowest BCUT2D eigenvalue weighted by atomic mass is 10.1. The number of nitrogens with one attached hydrogen (secondary N) is 1. The Bertz CT molecular complexity index is 461. The van der Waals surface area contributed by atoms with Crippen LogP contribution in [-0.4, -0.2) is 27.2 Å². The lowest BCUT2D eigenvalue weighted by molar-refractivity contribution is -0.133. The molecule has 7 nitrogen and oxygen atoms in total. The van der Waals surface area contributed by atoms with Gasteiger partial charge in [-0.05, 0) is 13.8 Å². The average Bonchev–Trinajstić information content (AvgIpc) is 2.61. The quantitative estimate of drug-likeness (QED) is 0.735. The molecule has 0 saturated carbocycles. The number of rotatable bonds is 3. The second-order valence-electron chi connectivity index (χ2n) is 3.14. The molecule has 0 aliphatic heterocycles. The van der Waals surface area contributed by atoms with Crippen molar-refractivity contribution in [2.24, 2.45) is 0 Å². The summed E-state index contributed by atoms with van der Waals surface area (Å²) < 4.78 is 4.92. The van der Waals surface area contributed by atoms with Crippen molar-refractivity contribution in [3.63, 3.8) is 0 Å². The highest BCUT2D eigenvalue weighted by atomic mass is 16.4. The van der Waals surface area contributed by atoms with E-state index in [0.29, 0.717) is 5.89 Å². The molecule has 0 atom stereocenters. The van der Waals surface area contributed by atoms with Gasteiger partial charge in [-0.25, -0.2) is 4.79 Å². The Morgan fingerprint density at radius 3 is 2.31 bits per heavy atom. The van der Waals surface area contributed by atoms with E-state index >= 15 is 0 Å². The van der Waals surface area contributed by atoms with E-state index in [1.54, 1.807) is 6.92 Å². The van der Waals surface area contributed by atoms with Crippen molar-refractivity contribution >= 4 is 17.9 Å². The number of carboxylic acids is 1. The van der Waals surface area contributed by atoms with Crippen LogP contribution in [0.5, 0.6) is 0 Å². The van der Waals surface area contributed by atoms with Crippen molar-refractivity contribution in [3.8, 4) is 0 Å². The standard InChI is InChI=1S/C9H11N3O4/c1-4(5(2)8(14)15)7(13)10-9-12-11-6(3)16-9/h1-3H3,(H,14,15)(H,10,12,13). The minimum absolute atomic E-state index is 0.0336. The van der Waals surface area contributed by atoms with Crippen LogP contribution >= 0.6 is 0 Å². The Hall–Kier alpha value is -2.18. The normalized spacial score (nSPS) is 11.9. The smallest absolute Gasteiger partial charge is 0.331 e. The van der Waals surface area contributed by atoms with Gasteiger partial charge in [0.2, 0.25) is 5.89 Å². The van der Waals surface area contributed by atoms with Crippen molar-refractivity contribution in [2.75, 3.05) is 5.32 Å². The number of nitrogens with zero attached hydrogens (tertiary/aromatic N) is 2. The highest BCUT2D eigenvalue weighted by Gasteiger charge is 2.14. The van der Waals surface area contributed by atoms with Gasteiger partial charge in [-0.1, -0.05) is 5.10 Å². The van der Waals surface area contributed by atoms with Gasteiger partial charge in [0.25, 0.3) is 5.91 Å². The number of hydrogen-bond acceptors (Lipinski definition) is 5. The Morgan fingerprint density at radius 1 is 1.25 bits per heavy atom. The first-order chi connectivity index (χ1) is 7.41. The molecule has 1 amide bonds. The highest BCUT2D eigenvalue weighted by Crippen LogP contribution is 2.09. The Labute approximate surface area is 91.2 Å². The SMILES string of the molecule is CC(C(=O)O)=C(C)C(=O)Nc1nnc(C)o1. The van der Waals surface area contributed by atoms with Crippen molar-refractivity contribution in [3.05, 3.63) is 17.0 Å². The second-order valence-corrected chi connectivity index (χ2v) is 3.14. The topological polar surface area (TPSA) is 105 Å². The Balaban J connectivity index is 2.81. The molecule has 2 N–H and O–H groups in total. The maximum absolute atomic E-state index is 11.5. The lowest BCUT2D eigenvalue weighted by Gasteiger charge is -2.02. The number of carbonyl (C=O) groups is 2. The van der Waals surface area contributed by atoms with E-state index in [0.717, 1.165) is 0 Å². The summed E-state index contributed by atoms with van der Waals surface area (Å²) in [6.07, 6.45) is 0. The third kappa shape index (κ3) is 2.66. The van der Waals surface area contributed by atoms with E-state index < -0.39 is 11.9 Å². The van der Waals surface area contributed by atoms with E-state index in [1.165, 1.54) is 13.8 Å². The number of amides is 1. The van der Waals surface area contributed by atoms with Crippen molar-refractivity contribution in [1.82, 2.24) is 10.2 Å². The largest absolute Gasteiger partial charge is 0.478 e. The van der Waals surface area contributed by atoms with Gasteiger partial charge in [0.1, 0.15) is 0 Å². The van der Waals surface area contributed by atoms with Crippen LogP contribution in [0.15, 0.2) is 15.6 Å². The van der Waals surface area contributed by atoms with Crippen molar-refractivity contribution in [1.29, 1.82) is 0 Å². The zero-order valence-corrected chi connectivity index (χ0v) is 9.07. The summed E-state index contributed by atoms with van der Waals surface area (Å²) in [6, 6.07) is -0.0555. The number of hydrogen-bond donors (Lipinski definition) is 2. The summed E-state index contributed by atoms with van der Waals surface area (Å²) >= 11 is 0. The number of aryl methyl sites for hydroxylation is 1. The first kappa shape index (κ1) is 11.9. The molecular weight excluding hydrogens is 214 g/mol. The molecule has 86 valence electrons. The van der Waals surface area contributed by atoms with Gasteiger partial charge in [0.05, 0.1) is 0 Å². The summed E-state index contributed by atoms with van der Waals surface area (Å²) in [4.78, 5) is 22.1. The summed E-state index contributed by atoms with van der Waals surface area (Å²) in [5.41, 5.74) is 0.0529. The first-order valence-corrected chi connectivity index (χ1v) is 4.44. The van der Waals surface area contributed by atoms with E-state index in [1.807, 2.05) is 0 Å². The average molecular weight is 225 g/mol. The molecule has 1 heterocycles.